The van der Waals surface area contributed by atoms with Gasteiger partial charge in [0.25, 0.3) is 5.91 Å². The van der Waals surface area contributed by atoms with Gasteiger partial charge in [-0.1, -0.05) is 19.8 Å². The number of nitrogens with zero attached hydrogens (tertiary/aromatic N) is 3. The molecule has 3 atom stereocenters. The van der Waals surface area contributed by atoms with Crippen LogP contribution in [0.2, 0.25) is 0 Å². The molecule has 7 nitrogen and oxygen atoms in total. The Labute approximate surface area is 136 Å². The van der Waals surface area contributed by atoms with E-state index in [-0.39, 0.29) is 36.7 Å². The van der Waals surface area contributed by atoms with Crippen molar-refractivity contribution in [1.82, 2.24) is 15.1 Å². The van der Waals surface area contributed by atoms with E-state index in [9.17, 15) is 14.4 Å². The molecule has 23 heavy (non-hydrogen) atoms. The molecule has 7 heteroatoms. The molecule has 126 valence electrons. The Hall–Kier alpha value is -2.10. The first-order valence-electron chi connectivity index (χ1n) is 8.10. The molecule has 0 aromatic carbocycles. The summed E-state index contributed by atoms with van der Waals surface area (Å²) >= 11 is 0. The topological polar surface area (TPSA) is 93.5 Å². The highest BCUT2D eigenvalue weighted by Gasteiger charge is 2.55. The fraction of sp³-hybridized carbons (Fsp3) is 0.750. The van der Waals surface area contributed by atoms with Crippen LogP contribution >= 0.6 is 0 Å². The van der Waals surface area contributed by atoms with Gasteiger partial charge in [-0.05, 0) is 25.7 Å². The van der Waals surface area contributed by atoms with Crippen molar-refractivity contribution < 1.29 is 14.4 Å². The maximum atomic E-state index is 12.8. The summed E-state index contributed by atoms with van der Waals surface area (Å²) in [7, 11) is 1.59. The summed E-state index contributed by atoms with van der Waals surface area (Å²) in [5.74, 6) is -0.552. The monoisotopic (exact) mass is 320 g/mol. The number of nitriles is 1. The Morgan fingerprint density at radius 2 is 2.22 bits per heavy atom. The molecule has 0 aromatic heterocycles. The third kappa shape index (κ3) is 3.03. The van der Waals surface area contributed by atoms with E-state index >= 15 is 0 Å². The Kier molecular flexibility index (Phi) is 4.93. The highest BCUT2D eigenvalue weighted by Crippen LogP contribution is 2.38. The molecule has 3 unspecified atom stereocenters. The first kappa shape index (κ1) is 17.3. The quantitative estimate of drug-likeness (QED) is 0.789. The minimum Gasteiger partial charge on any atom is -0.340 e. The molecule has 1 aliphatic heterocycles. The molecule has 1 N–H and O–H groups in total. The third-order valence-electron chi connectivity index (χ3n) is 5.24. The van der Waals surface area contributed by atoms with Gasteiger partial charge in [-0.15, -0.1) is 0 Å². The smallest absolute Gasteiger partial charge is 0.325 e. The summed E-state index contributed by atoms with van der Waals surface area (Å²) in [5, 5.41) is 11.5. The van der Waals surface area contributed by atoms with Crippen molar-refractivity contribution in [2.75, 3.05) is 13.6 Å². The number of amides is 4. The van der Waals surface area contributed by atoms with Crippen LogP contribution < -0.4 is 5.32 Å². The van der Waals surface area contributed by atoms with E-state index in [4.69, 9.17) is 5.26 Å². The van der Waals surface area contributed by atoms with Crippen LogP contribution in [0.3, 0.4) is 0 Å². The number of hydrogen-bond acceptors (Lipinski definition) is 4. The van der Waals surface area contributed by atoms with Crippen molar-refractivity contribution in [2.24, 2.45) is 5.92 Å². The van der Waals surface area contributed by atoms with Gasteiger partial charge in [0.1, 0.15) is 12.1 Å². The zero-order valence-corrected chi connectivity index (χ0v) is 14.0. The molecule has 1 spiro atoms. The molecule has 1 heterocycles. The van der Waals surface area contributed by atoms with Gasteiger partial charge in [0.15, 0.2) is 0 Å². The molecule has 2 rings (SSSR count). The summed E-state index contributed by atoms with van der Waals surface area (Å²) in [6, 6.07) is 1.27. The third-order valence-corrected chi connectivity index (χ3v) is 5.24. The van der Waals surface area contributed by atoms with Crippen molar-refractivity contribution in [3.05, 3.63) is 0 Å². The van der Waals surface area contributed by atoms with Crippen LogP contribution in [-0.4, -0.2) is 52.8 Å². The van der Waals surface area contributed by atoms with Crippen LogP contribution in [0.5, 0.6) is 0 Å². The average molecular weight is 320 g/mol. The Morgan fingerprint density at radius 3 is 2.83 bits per heavy atom. The van der Waals surface area contributed by atoms with Gasteiger partial charge in [-0.2, -0.15) is 5.26 Å². The maximum absolute atomic E-state index is 12.8. The van der Waals surface area contributed by atoms with Gasteiger partial charge < -0.3 is 10.2 Å². The maximum Gasteiger partial charge on any atom is 0.325 e. The Bertz CT molecular complexity index is 556. The van der Waals surface area contributed by atoms with Crippen LogP contribution in [0.4, 0.5) is 4.79 Å². The second-order valence-corrected chi connectivity index (χ2v) is 6.66. The zero-order valence-electron chi connectivity index (χ0n) is 14.0. The summed E-state index contributed by atoms with van der Waals surface area (Å²) < 4.78 is 0. The van der Waals surface area contributed by atoms with E-state index < -0.39 is 11.6 Å². The SMILES string of the molecule is CC(CC#N)N(C)C(=O)CN1C(=O)NC2(CCCCC2C)C1=O. The van der Waals surface area contributed by atoms with Gasteiger partial charge in [-0.3, -0.25) is 14.5 Å². The number of imide groups is 1. The summed E-state index contributed by atoms with van der Waals surface area (Å²) in [4.78, 5) is 39.7. The van der Waals surface area contributed by atoms with Gasteiger partial charge >= 0.3 is 6.03 Å². The van der Waals surface area contributed by atoms with E-state index in [1.807, 2.05) is 13.0 Å². The van der Waals surface area contributed by atoms with Crippen molar-refractivity contribution in [2.45, 2.75) is 57.5 Å². The highest BCUT2D eigenvalue weighted by molar-refractivity contribution is 6.09. The standard InChI is InChI=1S/C16H24N4O3/c1-11-6-4-5-8-16(11)14(22)20(15(23)18-16)10-13(21)19(3)12(2)7-9-17/h11-12H,4-8,10H2,1-3H3,(H,18,23). The van der Waals surface area contributed by atoms with Gasteiger partial charge in [0.2, 0.25) is 5.91 Å². The van der Waals surface area contributed by atoms with Gasteiger partial charge in [0, 0.05) is 13.1 Å². The molecular weight excluding hydrogens is 296 g/mol. The number of urea groups is 1. The Morgan fingerprint density at radius 1 is 1.52 bits per heavy atom. The van der Waals surface area contributed by atoms with Crippen LogP contribution in [0.15, 0.2) is 0 Å². The van der Waals surface area contributed by atoms with Crippen molar-refractivity contribution in [1.29, 1.82) is 5.26 Å². The molecule has 2 aliphatic rings. The van der Waals surface area contributed by atoms with Crippen LogP contribution in [-0.2, 0) is 9.59 Å². The van der Waals surface area contributed by atoms with E-state index in [0.29, 0.717) is 6.42 Å². The van der Waals surface area contributed by atoms with Crippen molar-refractivity contribution >= 4 is 17.8 Å². The first-order valence-corrected chi connectivity index (χ1v) is 8.10. The van der Waals surface area contributed by atoms with Crippen molar-refractivity contribution in [3.8, 4) is 6.07 Å². The summed E-state index contributed by atoms with van der Waals surface area (Å²) in [6.07, 6.45) is 3.69. The molecule has 1 saturated carbocycles. The van der Waals surface area contributed by atoms with Gasteiger partial charge in [0.05, 0.1) is 12.5 Å². The molecule has 0 aromatic rings. The fourth-order valence-electron chi connectivity index (χ4n) is 3.40. The van der Waals surface area contributed by atoms with Crippen LogP contribution in [0, 0.1) is 17.2 Å². The predicted molar refractivity (Wildman–Crippen MR) is 83.1 cm³/mol. The lowest BCUT2D eigenvalue weighted by atomic mass is 9.73. The number of carbonyl (C=O) groups is 3. The second-order valence-electron chi connectivity index (χ2n) is 6.66. The largest absolute Gasteiger partial charge is 0.340 e. The number of nitrogens with one attached hydrogen (secondary N) is 1. The molecule has 1 saturated heterocycles. The summed E-state index contributed by atoms with van der Waals surface area (Å²) in [6.45, 7) is 3.47. The molecule has 0 bridgehead atoms. The average Bonchev–Trinajstić information content (AvgIpc) is 2.75. The number of likely N-dealkylation sites (N-methyl/N-ethyl adjacent to an activating group) is 1. The van der Waals surface area contributed by atoms with Crippen molar-refractivity contribution in [3.63, 3.8) is 0 Å². The van der Waals surface area contributed by atoms with E-state index in [2.05, 4.69) is 5.32 Å². The fourth-order valence-corrected chi connectivity index (χ4v) is 3.40. The lowest BCUT2D eigenvalue weighted by Crippen LogP contribution is -2.54. The molecule has 2 fully saturated rings. The second kappa shape index (κ2) is 6.57. The lowest BCUT2D eigenvalue weighted by Gasteiger charge is -2.36. The molecular formula is C16H24N4O3. The highest BCUT2D eigenvalue weighted by atomic mass is 16.2. The van der Waals surface area contributed by atoms with E-state index in [1.54, 1.807) is 14.0 Å². The predicted octanol–water partition coefficient (Wildman–Crippen LogP) is 1.25. The number of hydrogen-bond donors (Lipinski definition) is 1. The summed E-state index contributed by atoms with van der Waals surface area (Å²) in [5.41, 5.74) is -0.841. The number of rotatable bonds is 4. The molecule has 0 radical (unpaired) electrons. The number of carbonyl (C=O) groups excluding carboxylic acids is 3. The lowest BCUT2D eigenvalue weighted by molar-refractivity contribution is -0.140. The molecule has 1 aliphatic carbocycles. The van der Waals surface area contributed by atoms with Crippen LogP contribution in [0.1, 0.15) is 46.0 Å². The van der Waals surface area contributed by atoms with E-state index in [0.717, 1.165) is 24.2 Å². The first-order chi connectivity index (χ1) is 10.8. The van der Waals surface area contributed by atoms with Gasteiger partial charge in [-0.25, -0.2) is 4.79 Å². The normalized spacial score (nSPS) is 28.4. The Balaban J connectivity index is 2.09. The van der Waals surface area contributed by atoms with Crippen LogP contribution in [0.25, 0.3) is 0 Å². The van der Waals surface area contributed by atoms with E-state index in [1.165, 1.54) is 4.90 Å². The minimum absolute atomic E-state index is 0.0723. The minimum atomic E-state index is -0.841. The zero-order chi connectivity index (χ0) is 17.2. The molecule has 4 amide bonds.